The number of ether oxygens (including phenoxy) is 1. The van der Waals surface area contributed by atoms with Gasteiger partial charge in [-0.25, -0.2) is 4.79 Å². The molecule has 1 unspecified atom stereocenters. The molecule has 12 heteroatoms. The van der Waals surface area contributed by atoms with Gasteiger partial charge in [0.1, 0.15) is 0 Å². The molecule has 2 aliphatic heterocycles. The number of nitrogens with zero attached hydrogens (tertiary/aromatic N) is 3. The van der Waals surface area contributed by atoms with E-state index in [4.69, 9.17) is 16.3 Å². The molecule has 0 radical (unpaired) electrons. The monoisotopic (exact) mass is 573 g/mol. The van der Waals surface area contributed by atoms with Crippen molar-refractivity contribution >= 4 is 29.5 Å². The summed E-state index contributed by atoms with van der Waals surface area (Å²) in [5, 5.41) is 0.503. The molecule has 2 heterocycles. The van der Waals surface area contributed by atoms with Crippen molar-refractivity contribution in [2.45, 2.75) is 68.9 Å². The average molecular weight is 574 g/mol. The molecule has 0 aromatic heterocycles. The minimum atomic E-state index is -4.43. The Morgan fingerprint density at radius 3 is 2.15 bits per heavy atom. The number of likely N-dealkylation sites (N-methyl/N-ethyl adjacent to an activating group) is 1. The highest BCUT2D eigenvalue weighted by Crippen LogP contribution is 2.53. The predicted octanol–water partition coefficient (Wildman–Crippen LogP) is 4.78. The molecule has 4 aliphatic rings. The Balaban J connectivity index is 1.26. The lowest BCUT2D eigenvalue weighted by molar-refractivity contribution is -0.330. The van der Waals surface area contributed by atoms with Gasteiger partial charge in [-0.05, 0) is 43.4 Å². The number of alkyl halides is 4. The third kappa shape index (κ3) is 5.07. The zero-order chi connectivity index (χ0) is 28.3. The number of carbonyl (C=O) groups excluding carboxylic acids is 3. The van der Waals surface area contributed by atoms with Gasteiger partial charge in [-0.3, -0.25) is 9.59 Å². The second-order valence-corrected chi connectivity index (χ2v) is 12.0. The molecule has 0 bridgehead atoms. The number of benzene rings is 1. The maximum Gasteiger partial charge on any atom is 0.410 e. The molecule has 3 atom stereocenters. The van der Waals surface area contributed by atoms with Gasteiger partial charge in [-0.2, -0.15) is 17.6 Å². The quantitative estimate of drug-likeness (QED) is 0.475. The van der Waals surface area contributed by atoms with E-state index in [-0.39, 0.29) is 42.2 Å². The standard InChI is InChI=1S/C27H32ClF4N3O4/c1-25(9-10-25)23(37)34-11-7-17(8-12-34)22(36)35-14-19(16-3-5-18(28)6-4-16)20(15-35)33(2)24(38)39-21-13-26(29,30)27(21,31)32/h3-6,17,19-21H,7-15H2,1-2H3/t19-,20+,21?/m0/s1. The highest BCUT2D eigenvalue weighted by atomic mass is 35.5. The number of halogens is 5. The highest BCUT2D eigenvalue weighted by Gasteiger charge is 2.74. The summed E-state index contributed by atoms with van der Waals surface area (Å²) >= 11 is 6.03. The first-order valence-electron chi connectivity index (χ1n) is 13.3. The van der Waals surface area contributed by atoms with Crippen molar-refractivity contribution < 1.29 is 36.7 Å². The van der Waals surface area contributed by atoms with Crippen LogP contribution in [0.1, 0.15) is 50.5 Å². The number of piperidine rings is 1. The normalized spacial score (nSPS) is 28.9. The van der Waals surface area contributed by atoms with Gasteiger partial charge in [0.15, 0.2) is 6.10 Å². The number of amides is 3. The van der Waals surface area contributed by atoms with Crippen molar-refractivity contribution in [2.75, 3.05) is 33.2 Å². The van der Waals surface area contributed by atoms with Crippen molar-refractivity contribution in [3.63, 3.8) is 0 Å². The van der Waals surface area contributed by atoms with Gasteiger partial charge in [0.05, 0.1) is 12.5 Å². The Labute approximate surface area is 229 Å². The minimum Gasteiger partial charge on any atom is -0.439 e. The first-order chi connectivity index (χ1) is 18.2. The molecule has 5 rings (SSSR count). The molecule has 39 heavy (non-hydrogen) atoms. The Bertz CT molecular complexity index is 1140. The van der Waals surface area contributed by atoms with E-state index in [1.165, 1.54) is 7.05 Å². The zero-order valence-corrected chi connectivity index (χ0v) is 22.6. The third-order valence-corrected chi connectivity index (χ3v) is 9.16. The first-order valence-corrected chi connectivity index (χ1v) is 13.6. The van der Waals surface area contributed by atoms with E-state index in [0.717, 1.165) is 23.3 Å². The summed E-state index contributed by atoms with van der Waals surface area (Å²) in [7, 11) is 1.36. The molecule has 7 nitrogen and oxygen atoms in total. The van der Waals surface area contributed by atoms with E-state index >= 15 is 0 Å². The molecular formula is C27H32ClF4N3O4. The molecule has 2 saturated heterocycles. The number of hydrogen-bond acceptors (Lipinski definition) is 4. The summed E-state index contributed by atoms with van der Waals surface area (Å²) in [6.45, 7) is 3.39. The number of rotatable bonds is 5. The van der Waals surface area contributed by atoms with Crippen LogP contribution in [0.4, 0.5) is 22.4 Å². The molecular weight excluding hydrogens is 542 g/mol. The lowest BCUT2D eigenvalue weighted by Gasteiger charge is -2.43. The van der Waals surface area contributed by atoms with Crippen LogP contribution in [0, 0.1) is 11.3 Å². The minimum absolute atomic E-state index is 0.0897. The van der Waals surface area contributed by atoms with E-state index in [1.54, 1.807) is 29.2 Å². The van der Waals surface area contributed by atoms with Crippen molar-refractivity contribution in [1.29, 1.82) is 0 Å². The van der Waals surface area contributed by atoms with Crippen LogP contribution in [0.15, 0.2) is 24.3 Å². The van der Waals surface area contributed by atoms with E-state index in [2.05, 4.69) is 0 Å². The van der Waals surface area contributed by atoms with Crippen LogP contribution >= 0.6 is 11.6 Å². The van der Waals surface area contributed by atoms with Crippen LogP contribution in [0.3, 0.4) is 0 Å². The molecule has 4 fully saturated rings. The Morgan fingerprint density at radius 1 is 1.00 bits per heavy atom. The lowest BCUT2D eigenvalue weighted by atomic mass is 9.85. The Hall–Kier alpha value is -2.56. The summed E-state index contributed by atoms with van der Waals surface area (Å²) < 4.78 is 58.8. The van der Waals surface area contributed by atoms with E-state index < -0.39 is 36.5 Å². The molecule has 214 valence electrons. The van der Waals surface area contributed by atoms with Crippen LogP contribution in [-0.4, -0.2) is 89.8 Å². The summed E-state index contributed by atoms with van der Waals surface area (Å²) in [5.41, 5.74) is 0.529. The largest absolute Gasteiger partial charge is 0.439 e. The Morgan fingerprint density at radius 2 is 1.62 bits per heavy atom. The molecule has 1 aromatic rings. The second-order valence-electron chi connectivity index (χ2n) is 11.6. The summed E-state index contributed by atoms with van der Waals surface area (Å²) in [6, 6.07) is 6.28. The number of hydrogen-bond donors (Lipinski definition) is 0. The smallest absolute Gasteiger partial charge is 0.410 e. The highest BCUT2D eigenvalue weighted by molar-refractivity contribution is 6.30. The van der Waals surface area contributed by atoms with Gasteiger partial charge < -0.3 is 19.4 Å². The third-order valence-electron chi connectivity index (χ3n) is 8.91. The fourth-order valence-corrected chi connectivity index (χ4v) is 5.95. The van der Waals surface area contributed by atoms with Crippen molar-refractivity contribution in [3.8, 4) is 0 Å². The molecule has 2 aliphatic carbocycles. The molecule has 0 spiro atoms. The van der Waals surface area contributed by atoms with Crippen LogP contribution in [-0.2, 0) is 14.3 Å². The topological polar surface area (TPSA) is 70.2 Å². The van der Waals surface area contributed by atoms with Crippen molar-refractivity contribution in [2.24, 2.45) is 11.3 Å². The summed E-state index contributed by atoms with van der Waals surface area (Å²) in [5.74, 6) is -9.23. The summed E-state index contributed by atoms with van der Waals surface area (Å²) in [6.07, 6.45) is -1.73. The van der Waals surface area contributed by atoms with Crippen molar-refractivity contribution in [3.05, 3.63) is 34.9 Å². The number of likely N-dealkylation sites (tertiary alicyclic amines) is 2. The molecule has 3 amide bonds. The van der Waals surface area contributed by atoms with E-state index in [0.29, 0.717) is 31.0 Å². The summed E-state index contributed by atoms with van der Waals surface area (Å²) in [4.78, 5) is 43.6. The van der Waals surface area contributed by atoms with Crippen LogP contribution in [0.25, 0.3) is 0 Å². The van der Waals surface area contributed by atoms with Gasteiger partial charge in [-0.1, -0.05) is 30.7 Å². The fourth-order valence-electron chi connectivity index (χ4n) is 5.82. The number of carbonyl (C=O) groups is 3. The van der Waals surface area contributed by atoms with Crippen LogP contribution in [0.5, 0.6) is 0 Å². The maximum atomic E-state index is 13.7. The van der Waals surface area contributed by atoms with E-state index in [9.17, 15) is 31.9 Å². The van der Waals surface area contributed by atoms with Gasteiger partial charge in [0, 0.05) is 55.5 Å². The van der Waals surface area contributed by atoms with Crippen LogP contribution in [0.2, 0.25) is 5.02 Å². The molecule has 2 saturated carbocycles. The first kappa shape index (κ1) is 28.0. The molecule has 0 N–H and O–H groups in total. The van der Waals surface area contributed by atoms with Crippen LogP contribution < -0.4 is 0 Å². The maximum absolute atomic E-state index is 13.7. The van der Waals surface area contributed by atoms with Gasteiger partial charge in [0.2, 0.25) is 11.8 Å². The van der Waals surface area contributed by atoms with Gasteiger partial charge in [-0.15, -0.1) is 0 Å². The zero-order valence-electron chi connectivity index (χ0n) is 21.8. The average Bonchev–Trinajstić information content (AvgIpc) is 3.51. The van der Waals surface area contributed by atoms with E-state index in [1.807, 2.05) is 11.8 Å². The predicted molar refractivity (Wildman–Crippen MR) is 134 cm³/mol. The Kier molecular flexibility index (Phi) is 7.04. The fraction of sp³-hybridized carbons (Fsp3) is 0.667. The van der Waals surface area contributed by atoms with Gasteiger partial charge in [0.25, 0.3) is 0 Å². The SMILES string of the molecule is CN(C(=O)OC1CC(F)(F)C1(F)F)[C@@H]1CN(C(=O)C2CCN(C(=O)C3(C)CC3)CC2)C[C@H]1c1ccc(Cl)cc1. The van der Waals surface area contributed by atoms with Gasteiger partial charge >= 0.3 is 17.9 Å². The van der Waals surface area contributed by atoms with Crippen molar-refractivity contribution in [1.82, 2.24) is 14.7 Å². The second kappa shape index (κ2) is 9.82. The lowest BCUT2D eigenvalue weighted by Crippen LogP contribution is -2.64. The molecule has 1 aromatic carbocycles.